The predicted molar refractivity (Wildman–Crippen MR) is 68.8 cm³/mol. The second-order valence-corrected chi connectivity index (χ2v) is 4.98. The van der Waals surface area contributed by atoms with Crippen LogP contribution in [0.25, 0.3) is 0 Å². The standard InChI is InChI=1S/C13H26N2O2/c1-3-12(4-2)14-13(17)10-15-7-5-11(9-15)6-8-16/h11-12,16H,3-10H2,1-2H3,(H,14,17). The van der Waals surface area contributed by atoms with Crippen LogP contribution in [0, 0.1) is 5.92 Å². The Hall–Kier alpha value is -0.610. The minimum atomic E-state index is 0.142. The fraction of sp³-hybridized carbons (Fsp3) is 0.923. The summed E-state index contributed by atoms with van der Waals surface area (Å²) in [5, 5.41) is 11.9. The first-order valence-corrected chi connectivity index (χ1v) is 6.82. The Balaban J connectivity index is 2.23. The van der Waals surface area contributed by atoms with Crippen LogP contribution < -0.4 is 5.32 Å². The number of carbonyl (C=O) groups is 1. The van der Waals surface area contributed by atoms with E-state index in [-0.39, 0.29) is 12.5 Å². The van der Waals surface area contributed by atoms with E-state index in [0.717, 1.165) is 38.8 Å². The average Bonchev–Trinajstić information content (AvgIpc) is 2.74. The number of nitrogens with zero attached hydrogens (tertiary/aromatic N) is 1. The van der Waals surface area contributed by atoms with Crippen molar-refractivity contribution in [3.05, 3.63) is 0 Å². The molecule has 0 aromatic rings. The molecule has 4 nitrogen and oxygen atoms in total. The molecule has 1 unspecified atom stereocenters. The molecule has 1 aliphatic heterocycles. The zero-order valence-electron chi connectivity index (χ0n) is 11.1. The van der Waals surface area contributed by atoms with Gasteiger partial charge < -0.3 is 10.4 Å². The van der Waals surface area contributed by atoms with Crippen LogP contribution in [0.1, 0.15) is 39.5 Å². The van der Waals surface area contributed by atoms with Gasteiger partial charge in [0.1, 0.15) is 0 Å². The SMILES string of the molecule is CCC(CC)NC(=O)CN1CCC(CCO)C1. The Morgan fingerprint density at radius 2 is 2.18 bits per heavy atom. The summed E-state index contributed by atoms with van der Waals surface area (Å²) >= 11 is 0. The van der Waals surface area contributed by atoms with Gasteiger partial charge in [-0.2, -0.15) is 0 Å². The van der Waals surface area contributed by atoms with Crippen molar-refractivity contribution in [3.63, 3.8) is 0 Å². The molecule has 1 rings (SSSR count). The van der Waals surface area contributed by atoms with E-state index in [4.69, 9.17) is 5.11 Å². The van der Waals surface area contributed by atoms with Gasteiger partial charge in [0.15, 0.2) is 0 Å². The Morgan fingerprint density at radius 1 is 1.47 bits per heavy atom. The van der Waals surface area contributed by atoms with E-state index in [1.165, 1.54) is 0 Å². The molecule has 0 aliphatic carbocycles. The number of aliphatic hydroxyl groups excluding tert-OH is 1. The van der Waals surface area contributed by atoms with Crippen molar-refractivity contribution in [3.8, 4) is 0 Å². The molecule has 2 N–H and O–H groups in total. The second kappa shape index (κ2) is 7.67. The first kappa shape index (κ1) is 14.5. The van der Waals surface area contributed by atoms with Gasteiger partial charge in [-0.25, -0.2) is 0 Å². The summed E-state index contributed by atoms with van der Waals surface area (Å²) in [6, 6.07) is 0.318. The lowest BCUT2D eigenvalue weighted by molar-refractivity contribution is -0.122. The molecule has 1 heterocycles. The van der Waals surface area contributed by atoms with Crippen LogP contribution in [-0.2, 0) is 4.79 Å². The number of hydrogen-bond donors (Lipinski definition) is 2. The molecule has 0 bridgehead atoms. The molecule has 17 heavy (non-hydrogen) atoms. The van der Waals surface area contributed by atoms with Crippen molar-refractivity contribution < 1.29 is 9.90 Å². The lowest BCUT2D eigenvalue weighted by Gasteiger charge is -2.19. The maximum absolute atomic E-state index is 11.8. The van der Waals surface area contributed by atoms with Crippen LogP contribution in [0.2, 0.25) is 0 Å². The molecular formula is C13H26N2O2. The lowest BCUT2D eigenvalue weighted by atomic mass is 10.1. The molecule has 0 aromatic heterocycles. The van der Waals surface area contributed by atoms with Crippen LogP contribution in [-0.4, -0.2) is 48.2 Å². The highest BCUT2D eigenvalue weighted by Gasteiger charge is 2.23. The van der Waals surface area contributed by atoms with Gasteiger partial charge in [0.2, 0.25) is 5.91 Å². The second-order valence-electron chi connectivity index (χ2n) is 4.98. The van der Waals surface area contributed by atoms with Crippen molar-refractivity contribution in [2.45, 2.75) is 45.6 Å². The fourth-order valence-electron chi connectivity index (χ4n) is 2.44. The molecule has 0 spiro atoms. The minimum Gasteiger partial charge on any atom is -0.396 e. The van der Waals surface area contributed by atoms with Gasteiger partial charge in [0, 0.05) is 19.2 Å². The first-order valence-electron chi connectivity index (χ1n) is 6.82. The van der Waals surface area contributed by atoms with Gasteiger partial charge in [0.25, 0.3) is 0 Å². The van der Waals surface area contributed by atoms with Crippen LogP contribution in [0.5, 0.6) is 0 Å². The Kier molecular flexibility index (Phi) is 6.52. The summed E-state index contributed by atoms with van der Waals surface area (Å²) in [7, 11) is 0. The predicted octanol–water partition coefficient (Wildman–Crippen LogP) is 0.995. The molecule has 100 valence electrons. The number of carbonyl (C=O) groups excluding carboxylic acids is 1. The molecule has 4 heteroatoms. The maximum Gasteiger partial charge on any atom is 0.234 e. The van der Waals surface area contributed by atoms with E-state index in [2.05, 4.69) is 24.1 Å². The quantitative estimate of drug-likeness (QED) is 0.700. The maximum atomic E-state index is 11.8. The van der Waals surface area contributed by atoms with Crippen molar-refractivity contribution in [2.24, 2.45) is 5.92 Å². The highest BCUT2D eigenvalue weighted by Crippen LogP contribution is 2.18. The number of aliphatic hydroxyl groups is 1. The largest absolute Gasteiger partial charge is 0.396 e. The molecule has 1 atom stereocenters. The summed E-state index contributed by atoms with van der Waals surface area (Å²) in [4.78, 5) is 14.0. The Labute approximate surface area is 104 Å². The topological polar surface area (TPSA) is 52.6 Å². The van der Waals surface area contributed by atoms with Crippen molar-refractivity contribution in [2.75, 3.05) is 26.2 Å². The van der Waals surface area contributed by atoms with Crippen molar-refractivity contribution in [1.29, 1.82) is 0 Å². The van der Waals surface area contributed by atoms with Crippen molar-refractivity contribution >= 4 is 5.91 Å². The number of rotatable bonds is 7. The number of hydrogen-bond acceptors (Lipinski definition) is 3. The molecule has 1 aliphatic rings. The van der Waals surface area contributed by atoms with Gasteiger partial charge >= 0.3 is 0 Å². The highest BCUT2D eigenvalue weighted by molar-refractivity contribution is 5.78. The smallest absolute Gasteiger partial charge is 0.234 e. The Bertz CT molecular complexity index is 229. The third kappa shape index (κ3) is 5.04. The van der Waals surface area contributed by atoms with E-state index < -0.39 is 0 Å². The van der Waals surface area contributed by atoms with Gasteiger partial charge in [-0.1, -0.05) is 13.8 Å². The molecular weight excluding hydrogens is 216 g/mol. The van der Waals surface area contributed by atoms with E-state index in [9.17, 15) is 4.79 Å². The van der Waals surface area contributed by atoms with E-state index in [1.807, 2.05) is 0 Å². The summed E-state index contributed by atoms with van der Waals surface area (Å²) in [5.74, 6) is 0.712. The fourth-order valence-corrected chi connectivity index (χ4v) is 2.44. The zero-order chi connectivity index (χ0) is 12.7. The van der Waals surface area contributed by atoms with E-state index >= 15 is 0 Å². The lowest BCUT2D eigenvalue weighted by Crippen LogP contribution is -2.41. The summed E-state index contributed by atoms with van der Waals surface area (Å²) in [6.07, 6.45) is 3.97. The number of nitrogens with one attached hydrogen (secondary N) is 1. The number of amides is 1. The molecule has 0 saturated carbocycles. The summed E-state index contributed by atoms with van der Waals surface area (Å²) in [6.45, 7) is 6.91. The first-order chi connectivity index (χ1) is 8.19. The van der Waals surface area contributed by atoms with E-state index in [0.29, 0.717) is 18.5 Å². The zero-order valence-corrected chi connectivity index (χ0v) is 11.1. The van der Waals surface area contributed by atoms with Crippen LogP contribution in [0.4, 0.5) is 0 Å². The molecule has 0 aromatic carbocycles. The number of likely N-dealkylation sites (tertiary alicyclic amines) is 1. The van der Waals surface area contributed by atoms with Gasteiger partial charge in [-0.3, -0.25) is 9.69 Å². The van der Waals surface area contributed by atoms with Gasteiger partial charge in [-0.05, 0) is 38.1 Å². The van der Waals surface area contributed by atoms with Gasteiger partial charge in [-0.15, -0.1) is 0 Å². The highest BCUT2D eigenvalue weighted by atomic mass is 16.3. The molecule has 1 saturated heterocycles. The van der Waals surface area contributed by atoms with Gasteiger partial charge in [0.05, 0.1) is 6.54 Å². The van der Waals surface area contributed by atoms with Crippen LogP contribution in [0.15, 0.2) is 0 Å². The van der Waals surface area contributed by atoms with Crippen molar-refractivity contribution in [1.82, 2.24) is 10.2 Å². The van der Waals surface area contributed by atoms with Crippen LogP contribution >= 0.6 is 0 Å². The average molecular weight is 242 g/mol. The monoisotopic (exact) mass is 242 g/mol. The van der Waals surface area contributed by atoms with E-state index in [1.54, 1.807) is 0 Å². The normalized spacial score (nSPS) is 21.1. The summed E-state index contributed by atoms with van der Waals surface area (Å²) in [5.41, 5.74) is 0. The van der Waals surface area contributed by atoms with Crippen LogP contribution in [0.3, 0.4) is 0 Å². The molecule has 1 amide bonds. The third-order valence-corrected chi connectivity index (χ3v) is 3.63. The summed E-state index contributed by atoms with van der Waals surface area (Å²) < 4.78 is 0. The minimum absolute atomic E-state index is 0.142. The molecule has 0 radical (unpaired) electrons. The molecule has 1 fully saturated rings. The third-order valence-electron chi connectivity index (χ3n) is 3.63. The Morgan fingerprint density at radius 3 is 2.76 bits per heavy atom.